The van der Waals surface area contributed by atoms with Gasteiger partial charge in [-0.25, -0.2) is 9.50 Å². The first-order chi connectivity index (χ1) is 8.31. The molecule has 0 amide bonds. The molecule has 4 heteroatoms. The molecule has 0 saturated carbocycles. The first kappa shape index (κ1) is 10.7. The van der Waals surface area contributed by atoms with Gasteiger partial charge in [-0.2, -0.15) is 5.10 Å². The van der Waals surface area contributed by atoms with Crippen LogP contribution in [0.15, 0.2) is 18.3 Å². The highest BCUT2D eigenvalue weighted by Crippen LogP contribution is 2.12. The Labute approximate surface area is 101 Å². The number of nitrogens with zero attached hydrogens (tertiary/aromatic N) is 3. The molecule has 0 bridgehead atoms. The molecule has 1 atom stereocenters. The van der Waals surface area contributed by atoms with E-state index in [0.29, 0.717) is 6.04 Å². The zero-order chi connectivity index (χ0) is 11.7. The Kier molecular flexibility index (Phi) is 2.81. The Bertz CT molecular complexity index is 511. The number of rotatable bonds is 2. The van der Waals surface area contributed by atoms with E-state index >= 15 is 0 Å². The van der Waals surface area contributed by atoms with Gasteiger partial charge in [-0.1, -0.05) is 6.42 Å². The lowest BCUT2D eigenvalue weighted by molar-refractivity contribution is 0.394. The summed E-state index contributed by atoms with van der Waals surface area (Å²) >= 11 is 0. The largest absolute Gasteiger partial charge is 0.314 e. The Hall–Kier alpha value is -1.42. The quantitative estimate of drug-likeness (QED) is 0.854. The van der Waals surface area contributed by atoms with Gasteiger partial charge in [0.25, 0.3) is 0 Å². The van der Waals surface area contributed by atoms with Crippen molar-refractivity contribution in [3.05, 3.63) is 29.7 Å². The number of aryl methyl sites for hydroxylation is 1. The molecule has 1 aliphatic rings. The van der Waals surface area contributed by atoms with Gasteiger partial charge in [0.1, 0.15) is 0 Å². The maximum Gasteiger partial charge on any atom is 0.155 e. The normalized spacial score (nSPS) is 20.9. The predicted molar refractivity (Wildman–Crippen MR) is 67.1 cm³/mol. The summed E-state index contributed by atoms with van der Waals surface area (Å²) in [6.45, 7) is 3.22. The van der Waals surface area contributed by atoms with E-state index in [1.54, 1.807) is 0 Å². The van der Waals surface area contributed by atoms with Crippen LogP contribution < -0.4 is 5.32 Å². The monoisotopic (exact) mass is 230 g/mol. The average molecular weight is 230 g/mol. The predicted octanol–water partition coefficient (Wildman–Crippen LogP) is 1.72. The summed E-state index contributed by atoms with van der Waals surface area (Å²) < 4.78 is 1.87. The molecular weight excluding hydrogens is 212 g/mol. The van der Waals surface area contributed by atoms with Gasteiger partial charge in [0, 0.05) is 18.7 Å². The van der Waals surface area contributed by atoms with Gasteiger partial charge in [-0.3, -0.25) is 0 Å². The molecule has 1 unspecified atom stereocenters. The van der Waals surface area contributed by atoms with Gasteiger partial charge < -0.3 is 5.32 Å². The number of hydrogen-bond donors (Lipinski definition) is 1. The zero-order valence-electron chi connectivity index (χ0n) is 10.2. The lowest BCUT2D eigenvalue weighted by Gasteiger charge is -2.21. The van der Waals surface area contributed by atoms with E-state index < -0.39 is 0 Å². The van der Waals surface area contributed by atoms with Crippen LogP contribution in [0.3, 0.4) is 0 Å². The third kappa shape index (κ3) is 2.31. The standard InChI is InChI=1S/C13H18N4/c1-10-5-7-17-13(8-10)15-12(16-17)9-11-4-2-3-6-14-11/h5,7-8,11,14H,2-4,6,9H2,1H3. The maximum absolute atomic E-state index is 4.58. The van der Waals surface area contributed by atoms with Gasteiger partial charge >= 0.3 is 0 Å². The van der Waals surface area contributed by atoms with Crippen LogP contribution in [0.25, 0.3) is 5.65 Å². The molecule has 1 fully saturated rings. The molecule has 17 heavy (non-hydrogen) atoms. The molecule has 3 rings (SSSR count). The second-order valence-electron chi connectivity index (χ2n) is 4.89. The van der Waals surface area contributed by atoms with E-state index in [1.165, 1.54) is 24.8 Å². The summed E-state index contributed by atoms with van der Waals surface area (Å²) in [6, 6.07) is 4.69. The van der Waals surface area contributed by atoms with Crippen LogP contribution >= 0.6 is 0 Å². The number of hydrogen-bond acceptors (Lipinski definition) is 3. The molecule has 4 nitrogen and oxygen atoms in total. The smallest absolute Gasteiger partial charge is 0.155 e. The van der Waals surface area contributed by atoms with E-state index in [2.05, 4.69) is 34.5 Å². The Morgan fingerprint density at radius 3 is 3.24 bits per heavy atom. The highest BCUT2D eigenvalue weighted by molar-refractivity contribution is 5.40. The van der Waals surface area contributed by atoms with Crippen LogP contribution in [0, 0.1) is 6.92 Å². The molecular formula is C13H18N4. The molecule has 90 valence electrons. The van der Waals surface area contributed by atoms with Crippen molar-refractivity contribution in [1.29, 1.82) is 0 Å². The SMILES string of the molecule is Cc1ccn2nc(CC3CCCCN3)nc2c1. The first-order valence-electron chi connectivity index (χ1n) is 6.36. The Balaban J connectivity index is 1.80. The molecule has 2 aromatic heterocycles. The summed E-state index contributed by atoms with van der Waals surface area (Å²) in [5.41, 5.74) is 2.18. The lowest BCUT2D eigenvalue weighted by Crippen LogP contribution is -2.35. The minimum atomic E-state index is 0.558. The average Bonchev–Trinajstić information content (AvgIpc) is 2.71. The molecule has 0 aromatic carbocycles. The van der Waals surface area contributed by atoms with E-state index in [4.69, 9.17) is 0 Å². The number of aromatic nitrogens is 3. The van der Waals surface area contributed by atoms with Gasteiger partial charge in [-0.15, -0.1) is 0 Å². The zero-order valence-corrected chi connectivity index (χ0v) is 10.2. The van der Waals surface area contributed by atoms with Crippen molar-refractivity contribution in [1.82, 2.24) is 19.9 Å². The first-order valence-corrected chi connectivity index (χ1v) is 6.36. The van der Waals surface area contributed by atoms with Crippen molar-refractivity contribution in [3.63, 3.8) is 0 Å². The summed E-state index contributed by atoms with van der Waals surface area (Å²) in [6.07, 6.45) is 6.79. The summed E-state index contributed by atoms with van der Waals surface area (Å²) in [5.74, 6) is 0.954. The Morgan fingerprint density at radius 1 is 1.47 bits per heavy atom. The lowest BCUT2D eigenvalue weighted by atomic mass is 10.0. The third-order valence-electron chi connectivity index (χ3n) is 3.38. The van der Waals surface area contributed by atoms with Crippen LogP contribution in [-0.2, 0) is 6.42 Å². The van der Waals surface area contributed by atoms with Crippen molar-refractivity contribution in [3.8, 4) is 0 Å². The van der Waals surface area contributed by atoms with Gasteiger partial charge in [0.15, 0.2) is 11.5 Å². The second kappa shape index (κ2) is 4.45. The van der Waals surface area contributed by atoms with Crippen molar-refractivity contribution in [2.75, 3.05) is 6.54 Å². The fourth-order valence-corrected chi connectivity index (χ4v) is 2.43. The molecule has 1 N–H and O–H groups in total. The summed E-state index contributed by atoms with van der Waals surface area (Å²) in [7, 11) is 0. The summed E-state index contributed by atoms with van der Waals surface area (Å²) in [5, 5.41) is 8.05. The highest BCUT2D eigenvalue weighted by Gasteiger charge is 2.15. The molecule has 1 saturated heterocycles. The van der Waals surface area contributed by atoms with E-state index in [9.17, 15) is 0 Å². The van der Waals surface area contributed by atoms with Gasteiger partial charge in [0.2, 0.25) is 0 Å². The van der Waals surface area contributed by atoms with E-state index in [0.717, 1.165) is 24.4 Å². The van der Waals surface area contributed by atoms with Crippen molar-refractivity contribution in [2.45, 2.75) is 38.6 Å². The third-order valence-corrected chi connectivity index (χ3v) is 3.38. The van der Waals surface area contributed by atoms with Crippen LogP contribution in [0.2, 0.25) is 0 Å². The van der Waals surface area contributed by atoms with Crippen LogP contribution in [-0.4, -0.2) is 27.2 Å². The summed E-state index contributed by atoms with van der Waals surface area (Å²) in [4.78, 5) is 4.58. The van der Waals surface area contributed by atoms with Crippen LogP contribution in [0.4, 0.5) is 0 Å². The van der Waals surface area contributed by atoms with Crippen molar-refractivity contribution >= 4 is 5.65 Å². The molecule has 0 spiro atoms. The number of nitrogens with one attached hydrogen (secondary N) is 1. The van der Waals surface area contributed by atoms with Gasteiger partial charge in [0.05, 0.1) is 0 Å². The fourth-order valence-electron chi connectivity index (χ4n) is 2.43. The van der Waals surface area contributed by atoms with Crippen LogP contribution in [0.5, 0.6) is 0 Å². The van der Waals surface area contributed by atoms with E-state index in [1.807, 2.05) is 10.7 Å². The highest BCUT2D eigenvalue weighted by atomic mass is 15.3. The minimum Gasteiger partial charge on any atom is -0.314 e. The minimum absolute atomic E-state index is 0.558. The molecule has 2 aromatic rings. The van der Waals surface area contributed by atoms with Gasteiger partial charge in [-0.05, 0) is 44.0 Å². The number of piperidine rings is 1. The number of fused-ring (bicyclic) bond motifs is 1. The second-order valence-corrected chi connectivity index (χ2v) is 4.89. The molecule has 1 aliphatic heterocycles. The van der Waals surface area contributed by atoms with Crippen LogP contribution in [0.1, 0.15) is 30.7 Å². The molecule has 3 heterocycles. The molecule has 0 aliphatic carbocycles. The van der Waals surface area contributed by atoms with Crippen molar-refractivity contribution < 1.29 is 0 Å². The number of pyridine rings is 1. The van der Waals surface area contributed by atoms with E-state index in [-0.39, 0.29) is 0 Å². The maximum atomic E-state index is 4.58. The van der Waals surface area contributed by atoms with Crippen molar-refractivity contribution in [2.24, 2.45) is 0 Å². The Morgan fingerprint density at radius 2 is 2.41 bits per heavy atom. The molecule has 0 radical (unpaired) electrons. The fraction of sp³-hybridized carbons (Fsp3) is 0.538. The topological polar surface area (TPSA) is 42.2 Å².